The summed E-state index contributed by atoms with van der Waals surface area (Å²) in [5, 5.41) is 14.9. The predicted molar refractivity (Wildman–Crippen MR) is 128 cm³/mol. The van der Waals surface area contributed by atoms with Crippen LogP contribution in [-0.2, 0) is 6.42 Å². The van der Waals surface area contributed by atoms with E-state index in [9.17, 15) is 5.11 Å². The first-order valence-electron chi connectivity index (χ1n) is 11.2. The summed E-state index contributed by atoms with van der Waals surface area (Å²) in [5.74, 6) is 2.74. The minimum absolute atomic E-state index is 0.0551. The SMILES string of the molecule is CCC1Cc2c(c3cc(OC)c(OC)cc3c3cc(OC)c(OC)cc23)C(CO)N1CC. The summed E-state index contributed by atoms with van der Waals surface area (Å²) in [5.41, 5.74) is 2.42. The molecule has 2 unspecified atom stereocenters. The third kappa shape index (κ3) is 3.33. The highest BCUT2D eigenvalue weighted by atomic mass is 16.5. The smallest absolute Gasteiger partial charge is 0.161 e. The molecule has 3 aromatic rings. The number of likely N-dealkylation sites (N-methyl/N-ethyl adjacent to an activating group) is 1. The van der Waals surface area contributed by atoms with Crippen molar-refractivity contribution in [2.45, 2.75) is 38.8 Å². The van der Waals surface area contributed by atoms with Crippen molar-refractivity contribution < 1.29 is 24.1 Å². The standard InChI is InChI=1S/C26H33NO5/c1-7-15-9-19-17-11-23(30-4)22(29-3)10-16(17)18-12-24(31-5)25(32-6)13-20(18)26(19)21(14-28)27(15)8-2/h10-13,15,21,28H,7-9,14H2,1-6H3. The van der Waals surface area contributed by atoms with Gasteiger partial charge in [0.1, 0.15) is 0 Å². The minimum atomic E-state index is -0.0909. The molecule has 1 aliphatic heterocycles. The van der Waals surface area contributed by atoms with Crippen LogP contribution in [0, 0.1) is 0 Å². The molecule has 0 saturated heterocycles. The van der Waals surface area contributed by atoms with Gasteiger partial charge >= 0.3 is 0 Å². The molecule has 0 saturated carbocycles. The monoisotopic (exact) mass is 439 g/mol. The molecule has 1 aliphatic rings. The molecule has 172 valence electrons. The van der Waals surface area contributed by atoms with Gasteiger partial charge in [0.15, 0.2) is 23.0 Å². The molecular weight excluding hydrogens is 406 g/mol. The lowest BCUT2D eigenvalue weighted by Gasteiger charge is -2.43. The van der Waals surface area contributed by atoms with Crippen LogP contribution in [0.4, 0.5) is 0 Å². The van der Waals surface area contributed by atoms with Crippen molar-refractivity contribution in [3.05, 3.63) is 35.4 Å². The van der Waals surface area contributed by atoms with Gasteiger partial charge in [0.05, 0.1) is 41.1 Å². The molecule has 4 rings (SSSR count). The lowest BCUT2D eigenvalue weighted by atomic mass is 9.80. The fourth-order valence-electron chi connectivity index (χ4n) is 5.41. The summed E-state index contributed by atoms with van der Waals surface area (Å²) in [7, 11) is 6.62. The van der Waals surface area contributed by atoms with Gasteiger partial charge < -0.3 is 24.1 Å². The van der Waals surface area contributed by atoms with Crippen LogP contribution in [0.3, 0.4) is 0 Å². The van der Waals surface area contributed by atoms with E-state index < -0.39 is 0 Å². The molecule has 0 aromatic heterocycles. The lowest BCUT2D eigenvalue weighted by Crippen LogP contribution is -2.44. The summed E-state index contributed by atoms with van der Waals surface area (Å²) < 4.78 is 22.6. The molecule has 0 bridgehead atoms. The Morgan fingerprint density at radius 3 is 1.69 bits per heavy atom. The summed E-state index contributed by atoms with van der Waals surface area (Å²) in [6.07, 6.45) is 1.93. The van der Waals surface area contributed by atoms with Crippen molar-refractivity contribution in [2.24, 2.45) is 0 Å². The molecule has 0 fully saturated rings. The van der Waals surface area contributed by atoms with Gasteiger partial charge in [0.2, 0.25) is 0 Å². The molecule has 3 aromatic carbocycles. The Kier molecular flexibility index (Phi) is 6.35. The van der Waals surface area contributed by atoms with E-state index in [0.29, 0.717) is 29.0 Å². The van der Waals surface area contributed by atoms with Gasteiger partial charge in [-0.1, -0.05) is 13.8 Å². The number of fused-ring (bicyclic) bond motifs is 6. The average molecular weight is 440 g/mol. The van der Waals surface area contributed by atoms with Crippen molar-refractivity contribution in [3.8, 4) is 23.0 Å². The van der Waals surface area contributed by atoms with Gasteiger partial charge in [-0.3, -0.25) is 4.90 Å². The Labute approximate surface area is 189 Å². The van der Waals surface area contributed by atoms with E-state index in [1.54, 1.807) is 28.4 Å². The maximum atomic E-state index is 10.6. The number of methoxy groups -OCH3 is 4. The summed E-state index contributed by atoms with van der Waals surface area (Å²) in [6, 6.07) is 8.46. The Morgan fingerprint density at radius 2 is 1.25 bits per heavy atom. The quantitative estimate of drug-likeness (QED) is 0.538. The van der Waals surface area contributed by atoms with Gasteiger partial charge in [0, 0.05) is 6.04 Å². The molecule has 1 N–H and O–H groups in total. The third-order valence-corrected chi connectivity index (χ3v) is 6.93. The van der Waals surface area contributed by atoms with E-state index in [2.05, 4.69) is 24.8 Å². The number of benzene rings is 3. The molecule has 1 heterocycles. The largest absolute Gasteiger partial charge is 0.493 e. The Bertz CT molecular complexity index is 1140. The molecule has 0 aliphatic carbocycles. The Hall–Kier alpha value is -2.70. The molecule has 0 radical (unpaired) electrons. The van der Waals surface area contributed by atoms with E-state index in [1.807, 2.05) is 18.2 Å². The van der Waals surface area contributed by atoms with Gasteiger partial charge in [-0.05, 0) is 76.3 Å². The summed E-state index contributed by atoms with van der Waals surface area (Å²) in [6.45, 7) is 5.31. The Balaban J connectivity index is 2.20. The van der Waals surface area contributed by atoms with Crippen LogP contribution in [0.25, 0.3) is 21.5 Å². The Morgan fingerprint density at radius 1 is 0.781 bits per heavy atom. The van der Waals surface area contributed by atoms with Gasteiger partial charge in [0.25, 0.3) is 0 Å². The summed E-state index contributed by atoms with van der Waals surface area (Å²) in [4.78, 5) is 2.42. The van der Waals surface area contributed by atoms with Crippen molar-refractivity contribution in [2.75, 3.05) is 41.6 Å². The number of rotatable bonds is 7. The lowest BCUT2D eigenvalue weighted by molar-refractivity contribution is 0.0747. The maximum absolute atomic E-state index is 10.6. The zero-order valence-corrected chi connectivity index (χ0v) is 19.8. The fourth-order valence-corrected chi connectivity index (χ4v) is 5.41. The number of hydrogen-bond donors (Lipinski definition) is 1. The second kappa shape index (κ2) is 9.04. The number of aliphatic hydroxyl groups excluding tert-OH is 1. The predicted octanol–water partition coefficient (Wildman–Crippen LogP) is 4.72. The van der Waals surface area contributed by atoms with Crippen molar-refractivity contribution in [3.63, 3.8) is 0 Å². The molecule has 6 nitrogen and oxygen atoms in total. The van der Waals surface area contributed by atoms with Crippen molar-refractivity contribution in [1.29, 1.82) is 0 Å². The topological polar surface area (TPSA) is 60.4 Å². The van der Waals surface area contributed by atoms with Crippen LogP contribution in [0.5, 0.6) is 23.0 Å². The molecule has 32 heavy (non-hydrogen) atoms. The van der Waals surface area contributed by atoms with Crippen LogP contribution in [0.1, 0.15) is 37.4 Å². The van der Waals surface area contributed by atoms with Crippen LogP contribution >= 0.6 is 0 Å². The van der Waals surface area contributed by atoms with Gasteiger partial charge in [-0.25, -0.2) is 0 Å². The fraction of sp³-hybridized carbons (Fsp3) is 0.462. The zero-order chi connectivity index (χ0) is 23.0. The molecule has 2 atom stereocenters. The van der Waals surface area contributed by atoms with Crippen LogP contribution < -0.4 is 18.9 Å². The van der Waals surface area contributed by atoms with E-state index in [-0.39, 0.29) is 12.6 Å². The average Bonchev–Trinajstić information content (AvgIpc) is 2.85. The third-order valence-electron chi connectivity index (χ3n) is 6.93. The zero-order valence-electron chi connectivity index (χ0n) is 19.8. The minimum Gasteiger partial charge on any atom is -0.493 e. The van der Waals surface area contributed by atoms with Crippen LogP contribution in [-0.4, -0.2) is 57.6 Å². The maximum Gasteiger partial charge on any atom is 0.161 e. The molecule has 0 amide bonds. The van der Waals surface area contributed by atoms with Crippen molar-refractivity contribution >= 4 is 21.5 Å². The normalized spacial score (nSPS) is 18.6. The number of ether oxygens (including phenoxy) is 4. The van der Waals surface area contributed by atoms with E-state index in [1.165, 1.54) is 5.56 Å². The van der Waals surface area contributed by atoms with Crippen LogP contribution in [0.15, 0.2) is 24.3 Å². The van der Waals surface area contributed by atoms with E-state index in [0.717, 1.165) is 46.5 Å². The molecule has 0 spiro atoms. The van der Waals surface area contributed by atoms with Gasteiger partial charge in [-0.2, -0.15) is 0 Å². The number of aliphatic hydroxyl groups is 1. The van der Waals surface area contributed by atoms with E-state index in [4.69, 9.17) is 18.9 Å². The van der Waals surface area contributed by atoms with Crippen molar-refractivity contribution in [1.82, 2.24) is 4.90 Å². The first kappa shape index (κ1) is 22.5. The second-order valence-electron chi connectivity index (χ2n) is 8.19. The number of hydrogen-bond acceptors (Lipinski definition) is 6. The first-order valence-corrected chi connectivity index (χ1v) is 11.2. The second-order valence-corrected chi connectivity index (χ2v) is 8.19. The number of nitrogens with zero attached hydrogens (tertiary/aromatic N) is 1. The van der Waals surface area contributed by atoms with E-state index >= 15 is 0 Å². The molecular formula is C26H33NO5. The molecule has 6 heteroatoms. The highest BCUT2D eigenvalue weighted by molar-refractivity contribution is 6.13. The van der Waals surface area contributed by atoms with Crippen LogP contribution in [0.2, 0.25) is 0 Å². The summed E-state index contributed by atoms with van der Waals surface area (Å²) >= 11 is 0. The highest BCUT2D eigenvalue weighted by Gasteiger charge is 2.35. The van der Waals surface area contributed by atoms with Gasteiger partial charge in [-0.15, -0.1) is 0 Å². The highest BCUT2D eigenvalue weighted by Crippen LogP contribution is 2.48. The first-order chi connectivity index (χ1) is 15.6.